The number of carbonyl (C=O) groups is 1. The van der Waals surface area contributed by atoms with E-state index < -0.39 is 50.1 Å². The first kappa shape index (κ1) is 13.3. The molecule has 8 heteroatoms. The number of aliphatic hydroxyl groups is 4. The quantitative estimate of drug-likeness (QED) is 0.333. The van der Waals surface area contributed by atoms with Crippen molar-refractivity contribution >= 4 is 5.91 Å². The third kappa shape index (κ3) is 3.11. The minimum Gasteiger partial charge on any atom is -0.412 e. The molecule has 8 nitrogen and oxygen atoms in total. The highest BCUT2D eigenvalue weighted by Crippen LogP contribution is 2.19. The monoisotopic (exact) mass is 240 g/mol. The average Bonchev–Trinajstić information content (AvgIpc) is 2.28. The molecule has 96 valence electrons. The first-order valence-electron chi connectivity index (χ1n) is 5.11. The van der Waals surface area contributed by atoms with Gasteiger partial charge in [0.15, 0.2) is 6.29 Å². The van der Waals surface area contributed by atoms with Crippen LogP contribution >= 0.6 is 0 Å². The third-order valence-electron chi connectivity index (χ3n) is 2.23. The van der Waals surface area contributed by atoms with E-state index in [1.807, 2.05) is 0 Å². The van der Waals surface area contributed by atoms with Crippen molar-refractivity contribution in [1.29, 1.82) is 0 Å². The molecule has 0 aromatic carbocycles. The average molecular weight is 240 g/mol. The molecule has 7 N–H and O–H groups in total. The van der Waals surface area contributed by atoms with Gasteiger partial charge >= 0.3 is 0 Å². The predicted molar refractivity (Wildman–Crippen MR) is 51.2 cm³/mol. The Bertz CT molecular complexity index is 254. The molecular formula is C8H17NO7. The van der Waals surface area contributed by atoms with Gasteiger partial charge in [0.05, 0.1) is 6.61 Å². The standard InChI is InChI=1S/C8H15NO6.H2O/c1-3(11)9-5-7(13)6(12)4(2-10)15-8(5)14;/h4-8,10,12-14H,2H2,1H3,(H,9,11);1H2/t4-,5-,6+,7-,8?;/m1./s1/i1D;. The van der Waals surface area contributed by atoms with Gasteiger partial charge < -0.3 is 36.0 Å². The Morgan fingerprint density at radius 2 is 2.06 bits per heavy atom. The van der Waals surface area contributed by atoms with Crippen LogP contribution in [0.3, 0.4) is 0 Å². The molecule has 1 amide bonds. The summed E-state index contributed by atoms with van der Waals surface area (Å²) in [6.07, 6.45) is -5.51. The Hall–Kier alpha value is -0.770. The topological polar surface area (TPSA) is 151 Å². The molecule has 1 unspecified atom stereocenters. The smallest absolute Gasteiger partial charge is 0.217 e. The molecule has 1 heterocycles. The molecule has 0 aliphatic carbocycles. The zero-order valence-electron chi connectivity index (χ0n) is 9.41. The summed E-state index contributed by atoms with van der Waals surface area (Å²) in [5.41, 5.74) is 0. The van der Waals surface area contributed by atoms with Crippen LogP contribution in [0, 0.1) is 0 Å². The first-order valence-corrected chi connectivity index (χ1v) is 4.40. The predicted octanol–water partition coefficient (Wildman–Crippen LogP) is -3.90. The summed E-state index contributed by atoms with van der Waals surface area (Å²) in [7, 11) is 0. The van der Waals surface area contributed by atoms with Gasteiger partial charge in [0.1, 0.15) is 24.4 Å². The van der Waals surface area contributed by atoms with Gasteiger partial charge in [0.2, 0.25) is 5.91 Å². The summed E-state index contributed by atoms with van der Waals surface area (Å²) < 4.78 is 11.6. The lowest BCUT2D eigenvalue weighted by Crippen LogP contribution is -2.63. The summed E-state index contributed by atoms with van der Waals surface area (Å²) in [5, 5.41) is 39.4. The van der Waals surface area contributed by atoms with Gasteiger partial charge in [-0.05, 0) is 0 Å². The molecule has 0 aromatic rings. The van der Waals surface area contributed by atoms with Gasteiger partial charge in [-0.15, -0.1) is 0 Å². The van der Waals surface area contributed by atoms with Crippen LogP contribution in [-0.2, 0) is 9.53 Å². The lowest BCUT2D eigenvalue weighted by Gasteiger charge is -2.40. The number of ether oxygens (including phenoxy) is 1. The van der Waals surface area contributed by atoms with Gasteiger partial charge in [-0.2, -0.15) is 0 Å². The van der Waals surface area contributed by atoms with Crippen molar-refractivity contribution in [3.63, 3.8) is 0 Å². The molecular weight excluding hydrogens is 222 g/mol. The van der Waals surface area contributed by atoms with Crippen LogP contribution in [0.2, 0.25) is 0 Å². The minimum absolute atomic E-state index is 0. The summed E-state index contributed by atoms with van der Waals surface area (Å²) >= 11 is 0. The Labute approximate surface area is 93.2 Å². The summed E-state index contributed by atoms with van der Waals surface area (Å²) in [4.78, 5) is 10.9. The maximum Gasteiger partial charge on any atom is 0.217 e. The van der Waals surface area contributed by atoms with Crippen molar-refractivity contribution in [2.75, 3.05) is 6.61 Å². The Morgan fingerprint density at radius 3 is 2.56 bits per heavy atom. The molecule has 0 saturated carbocycles. The molecule has 0 aromatic heterocycles. The zero-order valence-corrected chi connectivity index (χ0v) is 8.41. The van der Waals surface area contributed by atoms with Crippen LogP contribution in [-0.4, -0.2) is 69.1 Å². The van der Waals surface area contributed by atoms with Gasteiger partial charge in [-0.25, -0.2) is 0 Å². The highest BCUT2D eigenvalue weighted by molar-refractivity contribution is 5.73. The van der Waals surface area contributed by atoms with Gasteiger partial charge in [-0.1, -0.05) is 0 Å². The first-order chi connectivity index (χ1) is 7.51. The number of rotatable bonds is 2. The van der Waals surface area contributed by atoms with E-state index in [9.17, 15) is 20.1 Å². The largest absolute Gasteiger partial charge is 0.412 e. The summed E-state index contributed by atoms with van der Waals surface area (Å²) in [6, 6.07) is -1.21. The van der Waals surface area contributed by atoms with E-state index in [-0.39, 0.29) is 5.48 Å². The van der Waals surface area contributed by atoms with Crippen LogP contribution in [0.4, 0.5) is 0 Å². The van der Waals surface area contributed by atoms with Crippen molar-refractivity contribution in [3.05, 3.63) is 0 Å². The van der Waals surface area contributed by atoms with Crippen molar-refractivity contribution in [2.45, 2.75) is 37.5 Å². The van der Waals surface area contributed by atoms with E-state index in [2.05, 4.69) is 5.32 Å². The van der Waals surface area contributed by atoms with E-state index in [0.29, 0.717) is 0 Å². The van der Waals surface area contributed by atoms with Crippen molar-refractivity contribution in [1.82, 2.24) is 5.32 Å². The fraction of sp³-hybridized carbons (Fsp3) is 0.875. The molecule has 5 atom stereocenters. The highest BCUT2D eigenvalue weighted by Gasteiger charge is 2.43. The maximum atomic E-state index is 10.9. The molecule has 1 fully saturated rings. The van der Waals surface area contributed by atoms with Crippen LogP contribution in [0.15, 0.2) is 0 Å². The summed E-state index contributed by atoms with van der Waals surface area (Å²) in [5.74, 6) is -0.707. The Balaban J connectivity index is 0.00000256. The van der Waals surface area contributed by atoms with E-state index >= 15 is 0 Å². The van der Waals surface area contributed by atoms with Gasteiger partial charge in [0, 0.05) is 8.27 Å². The van der Waals surface area contributed by atoms with Crippen LogP contribution < -0.4 is 5.32 Å². The van der Waals surface area contributed by atoms with E-state index in [1.54, 1.807) is 0 Å². The molecule has 16 heavy (non-hydrogen) atoms. The van der Waals surface area contributed by atoms with Gasteiger partial charge in [0.25, 0.3) is 0 Å². The van der Waals surface area contributed by atoms with E-state index in [1.165, 1.54) is 0 Å². The number of hydrogen-bond donors (Lipinski definition) is 5. The van der Waals surface area contributed by atoms with Crippen molar-refractivity contribution in [3.8, 4) is 0 Å². The Kier molecular flexibility index (Phi) is 5.06. The second-order valence-corrected chi connectivity index (χ2v) is 3.32. The molecule has 0 spiro atoms. The molecule has 1 aliphatic rings. The normalized spacial score (nSPS) is 39.5. The van der Waals surface area contributed by atoms with Crippen molar-refractivity contribution < 1.29 is 36.8 Å². The molecule has 1 rings (SSSR count). The molecule has 1 saturated heterocycles. The van der Waals surface area contributed by atoms with Crippen LogP contribution in [0.5, 0.6) is 0 Å². The Morgan fingerprint density at radius 1 is 1.44 bits per heavy atom. The van der Waals surface area contributed by atoms with Crippen molar-refractivity contribution in [2.24, 2.45) is 0 Å². The molecule has 0 radical (unpaired) electrons. The van der Waals surface area contributed by atoms with Crippen LogP contribution in [0.1, 0.15) is 8.27 Å². The van der Waals surface area contributed by atoms with E-state index in [0.717, 1.165) is 0 Å². The van der Waals surface area contributed by atoms with Crippen LogP contribution in [0.25, 0.3) is 0 Å². The number of nitrogens with one attached hydrogen (secondary N) is 1. The third-order valence-corrected chi connectivity index (χ3v) is 2.23. The van der Waals surface area contributed by atoms with E-state index in [4.69, 9.17) is 11.2 Å². The molecule has 1 aliphatic heterocycles. The maximum absolute atomic E-state index is 10.9. The summed E-state index contributed by atoms with van der Waals surface area (Å²) in [6.45, 7) is -1.12. The lowest BCUT2D eigenvalue weighted by atomic mass is 9.97. The lowest BCUT2D eigenvalue weighted by molar-refractivity contribution is -0.253. The number of carbonyl (C=O) groups excluding carboxylic acids is 1. The highest BCUT2D eigenvalue weighted by atomic mass is 16.6. The number of aliphatic hydroxyl groups excluding tert-OH is 4. The fourth-order valence-corrected chi connectivity index (χ4v) is 1.44. The fourth-order valence-electron chi connectivity index (χ4n) is 1.44. The second-order valence-electron chi connectivity index (χ2n) is 3.32. The zero-order chi connectivity index (χ0) is 12.3. The number of amides is 1. The number of hydrogen-bond acceptors (Lipinski definition) is 6. The van der Waals surface area contributed by atoms with Gasteiger partial charge in [-0.3, -0.25) is 4.79 Å². The molecule has 0 bridgehead atoms. The minimum atomic E-state index is -1.54. The second kappa shape index (κ2) is 6.09. The SMILES string of the molecule is O.[2H]CC(=O)N[C@H]1C(O)O[C@H](CO)[C@H](O)[C@@H]1O.